The molecular weight excluding hydrogens is 274 g/mol. The molecule has 2 heterocycles. The van der Waals surface area contributed by atoms with Gasteiger partial charge in [-0.25, -0.2) is 4.98 Å². The van der Waals surface area contributed by atoms with Crippen molar-refractivity contribution >= 4 is 33.4 Å². The number of hydrogen-bond donors (Lipinski definition) is 2. The Morgan fingerprint density at radius 1 is 1.40 bits per heavy atom. The minimum absolute atomic E-state index is 0.0173. The van der Waals surface area contributed by atoms with E-state index in [2.05, 4.69) is 15.6 Å². The van der Waals surface area contributed by atoms with Crippen LogP contribution in [0.15, 0.2) is 24.3 Å². The van der Waals surface area contributed by atoms with Gasteiger partial charge >= 0.3 is 0 Å². The highest BCUT2D eigenvalue weighted by molar-refractivity contribution is 7.18. The number of carbonyl (C=O) groups excluding carboxylic acids is 2. The van der Waals surface area contributed by atoms with Gasteiger partial charge < -0.3 is 0 Å². The quantitative estimate of drug-likeness (QED) is 0.845. The topological polar surface area (TPSA) is 71.1 Å². The van der Waals surface area contributed by atoms with Gasteiger partial charge in [0.05, 0.1) is 22.3 Å². The number of imide groups is 1. The number of benzene rings is 1. The van der Waals surface area contributed by atoms with E-state index in [4.69, 9.17) is 0 Å². The summed E-state index contributed by atoms with van der Waals surface area (Å²) in [6, 6.07) is 7.63. The van der Waals surface area contributed by atoms with Crippen molar-refractivity contribution < 1.29 is 9.59 Å². The maximum atomic E-state index is 11.7. The van der Waals surface area contributed by atoms with Crippen molar-refractivity contribution in [2.75, 3.05) is 0 Å². The second-order valence-electron chi connectivity index (χ2n) is 4.91. The van der Waals surface area contributed by atoms with Crippen molar-refractivity contribution in [2.24, 2.45) is 0 Å². The van der Waals surface area contributed by atoms with Crippen LogP contribution in [0.3, 0.4) is 0 Å². The van der Waals surface area contributed by atoms with Crippen LogP contribution in [0.4, 0.5) is 0 Å². The molecule has 5 nitrogen and oxygen atoms in total. The van der Waals surface area contributed by atoms with E-state index in [0.29, 0.717) is 12.8 Å². The number of thiazole rings is 1. The van der Waals surface area contributed by atoms with Crippen molar-refractivity contribution in [3.05, 3.63) is 29.3 Å². The highest BCUT2D eigenvalue weighted by Gasteiger charge is 2.28. The summed E-state index contributed by atoms with van der Waals surface area (Å²) in [6.07, 6.45) is 0.926. The number of nitrogens with one attached hydrogen (secondary N) is 2. The smallest absolute Gasteiger partial charge is 0.243 e. The van der Waals surface area contributed by atoms with Crippen LogP contribution in [0.25, 0.3) is 10.2 Å². The summed E-state index contributed by atoms with van der Waals surface area (Å²) in [4.78, 5) is 27.4. The van der Waals surface area contributed by atoms with Crippen LogP contribution >= 0.6 is 11.3 Å². The molecule has 0 radical (unpaired) electrons. The molecule has 0 saturated carbocycles. The van der Waals surface area contributed by atoms with Gasteiger partial charge in [-0.15, -0.1) is 11.3 Å². The monoisotopic (exact) mass is 289 g/mol. The third-order valence-corrected chi connectivity index (χ3v) is 4.59. The highest BCUT2D eigenvalue weighted by atomic mass is 32.1. The lowest BCUT2D eigenvalue weighted by Gasteiger charge is -2.24. The van der Waals surface area contributed by atoms with Gasteiger partial charge in [-0.3, -0.25) is 20.2 Å². The Kier molecular flexibility index (Phi) is 3.50. The van der Waals surface area contributed by atoms with Gasteiger partial charge in [-0.05, 0) is 25.5 Å². The molecule has 1 aromatic carbocycles. The van der Waals surface area contributed by atoms with Gasteiger partial charge in [0.1, 0.15) is 5.01 Å². The van der Waals surface area contributed by atoms with Gasteiger partial charge in [-0.1, -0.05) is 12.1 Å². The van der Waals surface area contributed by atoms with Gasteiger partial charge in [0.25, 0.3) is 0 Å². The molecule has 3 rings (SSSR count). The van der Waals surface area contributed by atoms with E-state index in [0.717, 1.165) is 15.2 Å². The van der Waals surface area contributed by atoms with Crippen LogP contribution in [-0.2, 0) is 9.59 Å². The maximum Gasteiger partial charge on any atom is 0.243 e. The maximum absolute atomic E-state index is 11.7. The van der Waals surface area contributed by atoms with Crippen LogP contribution in [0.2, 0.25) is 0 Å². The number of carbonyl (C=O) groups is 2. The SMILES string of the molecule is CC(NC1CCC(=O)NC1=O)c1nc2ccccc2s1. The minimum atomic E-state index is -0.324. The van der Waals surface area contributed by atoms with E-state index in [9.17, 15) is 9.59 Å². The zero-order chi connectivity index (χ0) is 14.1. The first-order valence-corrected chi connectivity index (χ1v) is 7.40. The molecule has 0 bridgehead atoms. The zero-order valence-corrected chi connectivity index (χ0v) is 11.9. The van der Waals surface area contributed by atoms with E-state index in [1.807, 2.05) is 31.2 Å². The molecular formula is C14H15N3O2S. The Balaban J connectivity index is 1.74. The normalized spacial score (nSPS) is 20.9. The Morgan fingerprint density at radius 3 is 2.95 bits per heavy atom. The van der Waals surface area contributed by atoms with Crippen LogP contribution < -0.4 is 10.6 Å². The van der Waals surface area contributed by atoms with Gasteiger partial charge in [0.2, 0.25) is 11.8 Å². The van der Waals surface area contributed by atoms with E-state index < -0.39 is 0 Å². The first kappa shape index (κ1) is 13.2. The van der Waals surface area contributed by atoms with E-state index >= 15 is 0 Å². The van der Waals surface area contributed by atoms with Crippen molar-refractivity contribution in [3.8, 4) is 0 Å². The van der Waals surface area contributed by atoms with Crippen molar-refractivity contribution in [3.63, 3.8) is 0 Å². The summed E-state index contributed by atoms with van der Waals surface area (Å²) in [7, 11) is 0. The molecule has 2 unspecified atom stereocenters. The average molecular weight is 289 g/mol. The molecule has 0 spiro atoms. The lowest BCUT2D eigenvalue weighted by Crippen LogP contribution is -2.51. The first-order chi connectivity index (χ1) is 9.63. The van der Waals surface area contributed by atoms with Crippen molar-refractivity contribution in [1.29, 1.82) is 0 Å². The van der Waals surface area contributed by atoms with E-state index in [-0.39, 0.29) is 23.9 Å². The second kappa shape index (κ2) is 5.30. The fourth-order valence-corrected chi connectivity index (χ4v) is 3.28. The molecule has 2 N–H and O–H groups in total. The number of aromatic nitrogens is 1. The molecule has 6 heteroatoms. The summed E-state index contributed by atoms with van der Waals surface area (Å²) in [5.41, 5.74) is 0.976. The lowest BCUT2D eigenvalue weighted by molar-refractivity contribution is -0.134. The Hall–Kier alpha value is -1.79. The highest BCUT2D eigenvalue weighted by Crippen LogP contribution is 2.26. The second-order valence-corrected chi connectivity index (χ2v) is 5.97. The zero-order valence-electron chi connectivity index (χ0n) is 11.1. The van der Waals surface area contributed by atoms with Crippen molar-refractivity contribution in [1.82, 2.24) is 15.6 Å². The summed E-state index contributed by atoms with van der Waals surface area (Å²) in [6.45, 7) is 1.99. The molecule has 1 aliphatic rings. The van der Waals surface area contributed by atoms with E-state index in [1.54, 1.807) is 11.3 Å². The summed E-state index contributed by atoms with van der Waals surface area (Å²) in [5.74, 6) is -0.435. The number of para-hydroxylation sites is 1. The molecule has 2 atom stereocenters. The number of piperidine rings is 1. The van der Waals surface area contributed by atoms with Gasteiger partial charge in [0, 0.05) is 6.42 Å². The summed E-state index contributed by atoms with van der Waals surface area (Å²) < 4.78 is 1.14. The third-order valence-electron chi connectivity index (χ3n) is 3.37. The summed E-state index contributed by atoms with van der Waals surface area (Å²) >= 11 is 1.62. The number of amides is 2. The minimum Gasteiger partial charge on any atom is -0.297 e. The molecule has 104 valence electrons. The standard InChI is InChI=1S/C14H15N3O2S/c1-8(15-10-6-7-12(18)17-13(10)19)14-16-9-4-2-3-5-11(9)20-14/h2-5,8,10,15H,6-7H2,1H3,(H,17,18,19). The first-order valence-electron chi connectivity index (χ1n) is 6.58. The Morgan fingerprint density at radius 2 is 2.20 bits per heavy atom. The third kappa shape index (κ3) is 2.57. The van der Waals surface area contributed by atoms with Crippen LogP contribution in [0.5, 0.6) is 0 Å². The molecule has 1 fully saturated rings. The molecule has 2 amide bonds. The lowest BCUT2D eigenvalue weighted by atomic mass is 10.1. The predicted octanol–water partition coefficient (Wildman–Crippen LogP) is 1.75. The molecule has 1 aliphatic heterocycles. The molecule has 1 aromatic heterocycles. The number of nitrogens with zero attached hydrogens (tertiary/aromatic N) is 1. The fraction of sp³-hybridized carbons (Fsp3) is 0.357. The van der Waals surface area contributed by atoms with E-state index in [1.165, 1.54) is 0 Å². The number of fused-ring (bicyclic) bond motifs is 1. The predicted molar refractivity (Wildman–Crippen MR) is 77.3 cm³/mol. The largest absolute Gasteiger partial charge is 0.297 e. The number of hydrogen-bond acceptors (Lipinski definition) is 5. The fourth-order valence-electron chi connectivity index (χ4n) is 2.30. The van der Waals surface area contributed by atoms with Crippen LogP contribution in [0.1, 0.15) is 30.8 Å². The molecule has 0 aliphatic carbocycles. The summed E-state index contributed by atoms with van der Waals surface area (Å²) in [5, 5.41) is 6.56. The Bertz CT molecular complexity index is 634. The van der Waals surface area contributed by atoms with Crippen LogP contribution in [-0.4, -0.2) is 22.8 Å². The van der Waals surface area contributed by atoms with Gasteiger partial charge in [0.15, 0.2) is 0 Å². The molecule has 2 aromatic rings. The Labute approximate surface area is 120 Å². The van der Waals surface area contributed by atoms with Crippen molar-refractivity contribution in [2.45, 2.75) is 31.8 Å². The van der Waals surface area contributed by atoms with Gasteiger partial charge in [-0.2, -0.15) is 0 Å². The van der Waals surface area contributed by atoms with Crippen LogP contribution in [0, 0.1) is 0 Å². The molecule has 1 saturated heterocycles. The molecule has 20 heavy (non-hydrogen) atoms. The number of rotatable bonds is 3. The average Bonchev–Trinajstić information content (AvgIpc) is 2.86.